The van der Waals surface area contributed by atoms with E-state index in [0.29, 0.717) is 32.6 Å². The summed E-state index contributed by atoms with van der Waals surface area (Å²) in [7, 11) is 0. The van der Waals surface area contributed by atoms with Gasteiger partial charge in [0.05, 0.1) is 39.0 Å². The normalized spacial score (nSPS) is 10.9. The van der Waals surface area contributed by atoms with Gasteiger partial charge in [0.15, 0.2) is 5.75 Å². The molecule has 2 N–H and O–H groups in total. The average molecular weight is 642 g/mol. The van der Waals surface area contributed by atoms with Gasteiger partial charge in [-0.2, -0.15) is 0 Å². The number of hydrogen-bond acceptors (Lipinski definition) is 6. The Morgan fingerprint density at radius 2 is 1.50 bits per heavy atom. The third-order valence-electron chi connectivity index (χ3n) is 5.86. The van der Waals surface area contributed by atoms with Crippen molar-refractivity contribution in [3.63, 3.8) is 0 Å². The van der Waals surface area contributed by atoms with E-state index in [2.05, 4.69) is 10.2 Å². The van der Waals surface area contributed by atoms with Crippen LogP contribution in [0.4, 0.5) is 0 Å². The van der Waals surface area contributed by atoms with Crippen LogP contribution in [0.25, 0.3) is 11.3 Å². The number of carbonyl (C=O) groups excluding carboxylic acids is 1. The number of amides is 1. The fourth-order valence-corrected chi connectivity index (χ4v) is 4.75. The zero-order valence-electron chi connectivity index (χ0n) is 20.8. The minimum atomic E-state index is -0.464. The molecule has 1 heterocycles. The van der Waals surface area contributed by atoms with E-state index in [9.17, 15) is 15.0 Å². The van der Waals surface area contributed by atoms with Crippen molar-refractivity contribution in [2.45, 2.75) is 13.0 Å². The van der Waals surface area contributed by atoms with Crippen molar-refractivity contribution in [1.82, 2.24) is 15.1 Å². The zero-order valence-corrected chi connectivity index (χ0v) is 24.5. The van der Waals surface area contributed by atoms with E-state index in [1.165, 1.54) is 23.1 Å². The Kier molecular flexibility index (Phi) is 10.4. The van der Waals surface area contributed by atoms with E-state index in [-0.39, 0.29) is 59.2 Å². The first kappa shape index (κ1) is 30.2. The highest BCUT2D eigenvalue weighted by Gasteiger charge is 2.24. The molecule has 40 heavy (non-hydrogen) atoms. The van der Waals surface area contributed by atoms with Gasteiger partial charge in [-0.05, 0) is 53.6 Å². The summed E-state index contributed by atoms with van der Waals surface area (Å²) in [6.07, 6.45) is 0.529. The van der Waals surface area contributed by atoms with Crippen molar-refractivity contribution in [2.24, 2.45) is 0 Å². The molecule has 0 fully saturated rings. The number of ether oxygens (including phenoxy) is 1. The number of aliphatic hydroxyl groups is 1. The molecule has 3 aromatic carbocycles. The van der Waals surface area contributed by atoms with Crippen LogP contribution in [-0.2, 0) is 13.0 Å². The molecule has 7 nitrogen and oxygen atoms in total. The molecule has 0 aliphatic rings. The summed E-state index contributed by atoms with van der Waals surface area (Å²) in [6, 6.07) is 16.8. The summed E-state index contributed by atoms with van der Waals surface area (Å²) < 4.78 is 5.92. The number of phenols is 1. The van der Waals surface area contributed by atoms with Crippen LogP contribution in [0, 0.1) is 0 Å². The summed E-state index contributed by atoms with van der Waals surface area (Å²) >= 11 is 30.4. The van der Waals surface area contributed by atoms with Crippen LogP contribution in [0.3, 0.4) is 0 Å². The standard InChI is InChI=1S/C28H22Cl5N3O4/c29-19-4-1-16(2-5-19)7-10-40-27-20(14-25(34-35-27)18-12-23(32)26(38)24(33)13-18)28(39)36(8-9-37)15-17-3-6-21(30)22(31)11-17/h1-6,11-14,37-38H,7-10,15H2. The Hall–Kier alpha value is -2.78. The molecule has 0 atom stereocenters. The van der Waals surface area contributed by atoms with Gasteiger partial charge >= 0.3 is 0 Å². The number of hydrogen-bond donors (Lipinski definition) is 2. The number of aromatic nitrogens is 2. The molecule has 0 aliphatic carbocycles. The summed E-state index contributed by atoms with van der Waals surface area (Å²) in [5.41, 5.74) is 2.50. The van der Waals surface area contributed by atoms with Crippen molar-refractivity contribution < 1.29 is 19.7 Å². The number of halogens is 5. The second-order valence-corrected chi connectivity index (χ2v) is 10.7. The number of carbonyl (C=O) groups is 1. The number of rotatable bonds is 10. The highest BCUT2D eigenvalue weighted by Crippen LogP contribution is 2.36. The fourth-order valence-electron chi connectivity index (χ4n) is 3.81. The quantitative estimate of drug-likeness (QED) is 0.188. The summed E-state index contributed by atoms with van der Waals surface area (Å²) in [5.74, 6) is -0.723. The molecule has 0 bridgehead atoms. The van der Waals surface area contributed by atoms with Crippen molar-refractivity contribution in [1.29, 1.82) is 0 Å². The predicted octanol–water partition coefficient (Wildman–Crippen LogP) is 7.37. The smallest absolute Gasteiger partial charge is 0.259 e. The lowest BCUT2D eigenvalue weighted by Gasteiger charge is -2.23. The number of aromatic hydroxyl groups is 1. The first-order valence-corrected chi connectivity index (χ1v) is 13.8. The van der Waals surface area contributed by atoms with Crippen molar-refractivity contribution in [2.75, 3.05) is 19.8 Å². The van der Waals surface area contributed by atoms with Gasteiger partial charge in [-0.15, -0.1) is 10.2 Å². The maximum absolute atomic E-state index is 13.9. The largest absolute Gasteiger partial charge is 0.505 e. The van der Waals surface area contributed by atoms with E-state index in [4.69, 9.17) is 62.7 Å². The molecule has 0 saturated heterocycles. The van der Waals surface area contributed by atoms with Crippen molar-refractivity contribution in [3.05, 3.63) is 102 Å². The molecule has 0 saturated carbocycles. The van der Waals surface area contributed by atoms with Crippen molar-refractivity contribution >= 4 is 63.9 Å². The highest BCUT2D eigenvalue weighted by atomic mass is 35.5. The van der Waals surface area contributed by atoms with Crippen LogP contribution >= 0.6 is 58.0 Å². The topological polar surface area (TPSA) is 95.8 Å². The number of nitrogens with zero attached hydrogens (tertiary/aromatic N) is 3. The van der Waals surface area contributed by atoms with Gasteiger partial charge in [0.25, 0.3) is 5.91 Å². The van der Waals surface area contributed by atoms with Gasteiger partial charge < -0.3 is 19.8 Å². The Labute approximate surface area is 255 Å². The van der Waals surface area contributed by atoms with Gasteiger partial charge in [0.2, 0.25) is 5.88 Å². The maximum Gasteiger partial charge on any atom is 0.259 e. The van der Waals surface area contributed by atoms with Gasteiger partial charge in [0.1, 0.15) is 5.56 Å². The number of aliphatic hydroxyl groups excluding tert-OH is 1. The Balaban J connectivity index is 1.68. The molecule has 0 radical (unpaired) electrons. The van der Waals surface area contributed by atoms with Crippen LogP contribution in [0.1, 0.15) is 21.5 Å². The SMILES string of the molecule is O=C(c1cc(-c2cc(Cl)c(O)c(Cl)c2)nnc1OCCc1ccc(Cl)cc1)N(CCO)Cc1ccc(Cl)c(Cl)c1. The minimum Gasteiger partial charge on any atom is -0.505 e. The molecule has 4 rings (SSSR count). The second-order valence-electron chi connectivity index (χ2n) is 8.66. The van der Waals surface area contributed by atoms with Gasteiger partial charge in [-0.25, -0.2) is 0 Å². The molecule has 0 unspecified atom stereocenters. The van der Waals surface area contributed by atoms with Crippen LogP contribution < -0.4 is 4.74 Å². The van der Waals surface area contributed by atoms with Gasteiger partial charge in [-0.1, -0.05) is 76.2 Å². The average Bonchev–Trinajstić information content (AvgIpc) is 2.94. The summed E-state index contributed by atoms with van der Waals surface area (Å²) in [5, 5.41) is 29.5. The molecule has 4 aromatic rings. The Morgan fingerprint density at radius 1 is 0.825 bits per heavy atom. The molecule has 0 spiro atoms. The third kappa shape index (κ3) is 7.49. The fraction of sp³-hybridized carbons (Fsp3) is 0.179. The Bertz CT molecular complexity index is 1500. The third-order valence-corrected chi connectivity index (χ3v) is 7.43. The lowest BCUT2D eigenvalue weighted by Crippen LogP contribution is -2.33. The van der Waals surface area contributed by atoms with Gasteiger partial charge in [0, 0.05) is 30.1 Å². The molecule has 1 amide bonds. The molecule has 0 aliphatic heterocycles. The van der Waals surface area contributed by atoms with E-state index in [1.54, 1.807) is 30.3 Å². The first-order valence-electron chi connectivity index (χ1n) is 11.9. The molecule has 12 heteroatoms. The Morgan fingerprint density at radius 3 is 2.15 bits per heavy atom. The molecule has 1 aromatic heterocycles. The van der Waals surface area contributed by atoms with Gasteiger partial charge in [-0.3, -0.25) is 4.79 Å². The predicted molar refractivity (Wildman–Crippen MR) is 158 cm³/mol. The summed E-state index contributed by atoms with van der Waals surface area (Å²) in [4.78, 5) is 15.3. The van der Waals surface area contributed by atoms with E-state index < -0.39 is 5.91 Å². The van der Waals surface area contributed by atoms with Crippen LogP contribution in [0.5, 0.6) is 11.6 Å². The van der Waals surface area contributed by atoms with Crippen LogP contribution in [0.15, 0.2) is 60.7 Å². The monoisotopic (exact) mass is 639 g/mol. The van der Waals surface area contributed by atoms with Crippen LogP contribution in [-0.4, -0.2) is 51.0 Å². The van der Waals surface area contributed by atoms with E-state index in [1.807, 2.05) is 12.1 Å². The molecular weight excluding hydrogens is 620 g/mol. The molecule has 208 valence electrons. The highest BCUT2D eigenvalue weighted by molar-refractivity contribution is 6.42. The van der Waals surface area contributed by atoms with E-state index in [0.717, 1.165) is 5.56 Å². The molecular formula is C28H22Cl5N3O4. The van der Waals surface area contributed by atoms with Crippen LogP contribution in [0.2, 0.25) is 25.1 Å². The van der Waals surface area contributed by atoms with Crippen molar-refractivity contribution in [3.8, 4) is 22.9 Å². The summed E-state index contributed by atoms with van der Waals surface area (Å²) in [6.45, 7) is 0.0841. The first-order chi connectivity index (χ1) is 19.2. The number of benzene rings is 3. The lowest BCUT2D eigenvalue weighted by atomic mass is 10.1. The minimum absolute atomic E-state index is 0.00997. The number of phenolic OH excluding ortho intramolecular Hbond substituents is 1. The zero-order chi connectivity index (χ0) is 28.8. The maximum atomic E-state index is 13.9. The lowest BCUT2D eigenvalue weighted by molar-refractivity contribution is 0.0702. The second kappa shape index (κ2) is 13.7. The van der Waals surface area contributed by atoms with E-state index >= 15 is 0 Å².